The fourth-order valence-corrected chi connectivity index (χ4v) is 6.32. The van der Waals surface area contributed by atoms with Gasteiger partial charge in [-0.05, 0) is 75.2 Å². The molecule has 0 unspecified atom stereocenters. The third-order valence-corrected chi connectivity index (χ3v) is 8.86. The van der Waals surface area contributed by atoms with E-state index < -0.39 is 0 Å². The van der Waals surface area contributed by atoms with Crippen molar-refractivity contribution in [1.29, 1.82) is 0 Å². The second-order valence-electron chi connectivity index (χ2n) is 9.48. The average Bonchev–Trinajstić information content (AvgIpc) is 2.90. The first-order valence-electron chi connectivity index (χ1n) is 12.8. The third kappa shape index (κ3) is 7.57. The lowest BCUT2D eigenvalue weighted by molar-refractivity contribution is 0.587. The highest BCUT2D eigenvalue weighted by Crippen LogP contribution is 2.37. The van der Waals surface area contributed by atoms with Crippen molar-refractivity contribution in [2.75, 3.05) is 36.8 Å². The van der Waals surface area contributed by atoms with Crippen molar-refractivity contribution < 1.29 is 0 Å². The van der Waals surface area contributed by atoms with Gasteiger partial charge in [0.1, 0.15) is 0 Å². The van der Waals surface area contributed by atoms with E-state index in [1.807, 2.05) is 30.0 Å². The predicted molar refractivity (Wildman–Crippen MR) is 162 cm³/mol. The number of hydrogen-bond donors (Lipinski definition) is 2. The molecule has 1 saturated heterocycles. The fourth-order valence-electron chi connectivity index (χ4n) is 4.35. The van der Waals surface area contributed by atoms with Crippen LogP contribution in [0, 0.1) is 27.7 Å². The van der Waals surface area contributed by atoms with Crippen LogP contribution in [0.15, 0.2) is 105 Å². The number of benzene rings is 4. The molecule has 5 rings (SSSR count). The van der Waals surface area contributed by atoms with Crippen molar-refractivity contribution in [3.05, 3.63) is 107 Å². The molecule has 0 spiro atoms. The Hall–Kier alpha value is -2.86. The van der Waals surface area contributed by atoms with E-state index in [1.165, 1.54) is 42.6 Å². The van der Waals surface area contributed by atoms with Crippen molar-refractivity contribution in [3.63, 3.8) is 0 Å². The van der Waals surface area contributed by atoms with Crippen LogP contribution in [0.3, 0.4) is 0 Å². The molecular weight excluding hydrogens is 491 g/mol. The summed E-state index contributed by atoms with van der Waals surface area (Å²) in [6, 6.07) is 29.9. The average molecular weight is 528 g/mol. The zero-order valence-corrected chi connectivity index (χ0v) is 23.9. The molecule has 0 bridgehead atoms. The highest BCUT2D eigenvalue weighted by Gasteiger charge is 2.15. The zero-order chi connectivity index (χ0) is 26.2. The summed E-state index contributed by atoms with van der Waals surface area (Å²) in [6.45, 7) is 12.9. The maximum atomic E-state index is 5.93. The van der Waals surface area contributed by atoms with E-state index in [0.29, 0.717) is 0 Å². The molecule has 0 aromatic heterocycles. The lowest BCUT2D eigenvalue weighted by atomic mass is 10.2. The summed E-state index contributed by atoms with van der Waals surface area (Å²) in [5.74, 6) is 0. The molecule has 1 aliphatic rings. The van der Waals surface area contributed by atoms with Crippen LogP contribution in [0.4, 0.5) is 11.4 Å². The highest BCUT2D eigenvalue weighted by atomic mass is 32.2. The lowest BCUT2D eigenvalue weighted by Gasteiger charge is -2.31. The van der Waals surface area contributed by atoms with Crippen LogP contribution in [-0.2, 0) is 0 Å². The Balaban J connectivity index is 0.000000180. The first-order valence-corrected chi connectivity index (χ1v) is 14.4. The molecular formula is C32H37N3S2. The van der Waals surface area contributed by atoms with E-state index in [0.717, 1.165) is 36.8 Å². The van der Waals surface area contributed by atoms with Gasteiger partial charge in [-0.15, -0.1) is 0 Å². The highest BCUT2D eigenvalue weighted by molar-refractivity contribution is 7.99. The summed E-state index contributed by atoms with van der Waals surface area (Å²) in [5, 5.41) is 3.42. The summed E-state index contributed by atoms with van der Waals surface area (Å²) < 4.78 is 0. The van der Waals surface area contributed by atoms with E-state index in [1.54, 1.807) is 11.8 Å². The Morgan fingerprint density at radius 3 is 1.70 bits per heavy atom. The molecule has 1 fully saturated rings. The van der Waals surface area contributed by atoms with Gasteiger partial charge in [0.25, 0.3) is 0 Å². The van der Waals surface area contributed by atoms with Gasteiger partial charge < -0.3 is 16.0 Å². The number of nitrogen functional groups attached to an aromatic ring is 1. The molecule has 5 heteroatoms. The molecule has 0 aliphatic carbocycles. The third-order valence-electron chi connectivity index (χ3n) is 6.34. The van der Waals surface area contributed by atoms with Gasteiger partial charge >= 0.3 is 0 Å². The van der Waals surface area contributed by atoms with Crippen molar-refractivity contribution in [3.8, 4) is 0 Å². The van der Waals surface area contributed by atoms with Gasteiger partial charge in [-0.1, -0.05) is 83.2 Å². The molecule has 0 amide bonds. The van der Waals surface area contributed by atoms with Gasteiger partial charge in [-0.25, -0.2) is 0 Å². The first-order chi connectivity index (χ1) is 17.9. The van der Waals surface area contributed by atoms with Crippen molar-refractivity contribution in [2.24, 2.45) is 0 Å². The number of nitrogens with two attached hydrogens (primary N) is 1. The van der Waals surface area contributed by atoms with Crippen LogP contribution < -0.4 is 16.0 Å². The van der Waals surface area contributed by atoms with Crippen molar-refractivity contribution in [1.82, 2.24) is 5.32 Å². The molecule has 0 radical (unpaired) electrons. The molecule has 0 atom stereocenters. The monoisotopic (exact) mass is 527 g/mol. The van der Waals surface area contributed by atoms with Crippen LogP contribution in [0.1, 0.15) is 22.3 Å². The second kappa shape index (κ2) is 13.1. The number of aryl methyl sites for hydroxylation is 4. The van der Waals surface area contributed by atoms with E-state index in [2.05, 4.69) is 105 Å². The molecule has 37 heavy (non-hydrogen) atoms. The summed E-state index contributed by atoms with van der Waals surface area (Å²) in [5.41, 5.74) is 13.4. The summed E-state index contributed by atoms with van der Waals surface area (Å²) >= 11 is 3.61. The second-order valence-corrected chi connectivity index (χ2v) is 11.7. The number of piperazine rings is 1. The number of para-hydroxylation sites is 2. The Bertz CT molecular complexity index is 1330. The molecule has 3 N–H and O–H groups in total. The molecule has 3 nitrogen and oxygen atoms in total. The Labute approximate surface area is 230 Å². The predicted octanol–water partition coefficient (Wildman–Crippen LogP) is 7.90. The first kappa shape index (κ1) is 27.2. The SMILES string of the molecule is Cc1ccc(Sc2ccccc2N)c(C)c1.Cc1ccc(Sc2ccccc2N2CCNCC2)c(C)c1. The van der Waals surface area contributed by atoms with Crippen LogP contribution in [0.2, 0.25) is 0 Å². The molecule has 4 aromatic carbocycles. The summed E-state index contributed by atoms with van der Waals surface area (Å²) in [4.78, 5) is 7.58. The fraction of sp³-hybridized carbons (Fsp3) is 0.250. The van der Waals surface area contributed by atoms with Crippen LogP contribution in [0.5, 0.6) is 0 Å². The van der Waals surface area contributed by atoms with Gasteiger partial charge in [0.2, 0.25) is 0 Å². The minimum absolute atomic E-state index is 0.840. The maximum absolute atomic E-state index is 5.93. The molecule has 1 aliphatic heterocycles. The Morgan fingerprint density at radius 2 is 1.14 bits per heavy atom. The number of nitrogens with one attached hydrogen (secondary N) is 1. The Kier molecular flexibility index (Phi) is 9.62. The number of anilines is 2. The molecule has 192 valence electrons. The van der Waals surface area contributed by atoms with E-state index in [4.69, 9.17) is 5.73 Å². The number of nitrogens with zero attached hydrogens (tertiary/aromatic N) is 1. The Morgan fingerprint density at radius 1 is 0.622 bits per heavy atom. The van der Waals surface area contributed by atoms with Crippen molar-refractivity contribution >= 4 is 34.9 Å². The zero-order valence-electron chi connectivity index (χ0n) is 22.3. The van der Waals surface area contributed by atoms with Crippen LogP contribution >= 0.6 is 23.5 Å². The van der Waals surface area contributed by atoms with Gasteiger partial charge in [0.15, 0.2) is 0 Å². The minimum Gasteiger partial charge on any atom is -0.398 e. The van der Waals surface area contributed by atoms with Crippen molar-refractivity contribution in [2.45, 2.75) is 47.3 Å². The van der Waals surface area contributed by atoms with Gasteiger partial charge in [-0.3, -0.25) is 0 Å². The van der Waals surface area contributed by atoms with Crippen LogP contribution in [-0.4, -0.2) is 26.2 Å². The van der Waals surface area contributed by atoms with E-state index >= 15 is 0 Å². The summed E-state index contributed by atoms with van der Waals surface area (Å²) in [7, 11) is 0. The van der Waals surface area contributed by atoms with E-state index in [9.17, 15) is 0 Å². The molecule has 1 heterocycles. The van der Waals surface area contributed by atoms with Crippen LogP contribution in [0.25, 0.3) is 0 Å². The summed E-state index contributed by atoms with van der Waals surface area (Å²) in [6.07, 6.45) is 0. The van der Waals surface area contributed by atoms with Gasteiger partial charge in [0, 0.05) is 51.4 Å². The number of hydrogen-bond acceptors (Lipinski definition) is 5. The van der Waals surface area contributed by atoms with E-state index in [-0.39, 0.29) is 0 Å². The number of rotatable bonds is 5. The standard InChI is InChI=1S/C18H22N2S.C14H15NS/c1-14-7-8-17(15(2)13-14)21-18-6-4-3-5-16(18)20-11-9-19-10-12-20;1-10-7-8-13(11(2)9-10)16-14-6-4-3-5-12(14)15/h3-8,13,19H,9-12H2,1-2H3;3-9H,15H2,1-2H3. The van der Waals surface area contributed by atoms with Gasteiger partial charge in [0.05, 0.1) is 5.69 Å². The minimum atomic E-state index is 0.840. The smallest absolute Gasteiger partial charge is 0.0508 e. The maximum Gasteiger partial charge on any atom is 0.0508 e. The normalized spacial score (nSPS) is 13.1. The van der Waals surface area contributed by atoms with Gasteiger partial charge in [-0.2, -0.15) is 0 Å². The topological polar surface area (TPSA) is 41.3 Å². The quantitative estimate of drug-likeness (QED) is 0.258. The molecule has 0 saturated carbocycles. The largest absolute Gasteiger partial charge is 0.398 e. The lowest BCUT2D eigenvalue weighted by Crippen LogP contribution is -2.43. The molecule has 4 aromatic rings.